The highest BCUT2D eigenvalue weighted by Crippen LogP contribution is 2.21. The highest BCUT2D eigenvalue weighted by molar-refractivity contribution is 5.86. The molecular formula is C15H21N3O. The lowest BCUT2D eigenvalue weighted by atomic mass is 10.1. The van der Waals surface area contributed by atoms with Crippen LogP contribution in [-0.4, -0.2) is 24.0 Å². The van der Waals surface area contributed by atoms with Crippen LogP contribution in [0.15, 0.2) is 24.4 Å². The number of aryl methyl sites for hydroxylation is 1. The first kappa shape index (κ1) is 13.6. The number of hydrogen-bond donors (Lipinski definition) is 3. The fourth-order valence-electron chi connectivity index (χ4n) is 2.26. The lowest BCUT2D eigenvalue weighted by Gasteiger charge is -2.04. The van der Waals surface area contributed by atoms with Crippen molar-refractivity contribution in [3.8, 4) is 0 Å². The Kier molecular flexibility index (Phi) is 4.58. The summed E-state index contributed by atoms with van der Waals surface area (Å²) in [6.45, 7) is 3.33. The third-order valence-electron chi connectivity index (χ3n) is 3.33. The Morgan fingerprint density at radius 1 is 1.42 bits per heavy atom. The van der Waals surface area contributed by atoms with Gasteiger partial charge >= 0.3 is 0 Å². The maximum absolute atomic E-state index is 11.5. The Balaban J connectivity index is 1.92. The molecule has 1 aromatic heterocycles. The van der Waals surface area contributed by atoms with Crippen molar-refractivity contribution < 1.29 is 4.79 Å². The highest BCUT2D eigenvalue weighted by atomic mass is 16.1. The molecule has 0 aliphatic rings. The summed E-state index contributed by atoms with van der Waals surface area (Å²) >= 11 is 0. The number of aromatic nitrogens is 1. The minimum Gasteiger partial charge on any atom is -0.361 e. The van der Waals surface area contributed by atoms with Crippen LogP contribution >= 0.6 is 0 Å². The zero-order chi connectivity index (χ0) is 13.7. The van der Waals surface area contributed by atoms with E-state index in [2.05, 4.69) is 35.4 Å². The van der Waals surface area contributed by atoms with Crippen LogP contribution in [0.25, 0.3) is 10.9 Å². The van der Waals surface area contributed by atoms with E-state index in [1.54, 1.807) is 0 Å². The highest BCUT2D eigenvalue weighted by Gasteiger charge is 2.06. The molecule has 0 saturated heterocycles. The number of aromatic amines is 1. The molecule has 0 aliphatic heterocycles. The van der Waals surface area contributed by atoms with Crippen LogP contribution in [0.4, 0.5) is 0 Å². The molecule has 102 valence electrons. The zero-order valence-corrected chi connectivity index (χ0v) is 11.3. The number of nitrogens with one attached hydrogen (secondary N) is 2. The van der Waals surface area contributed by atoms with Crippen LogP contribution < -0.4 is 11.1 Å². The SMILES string of the molecule is Cc1cccc2c(CCNC(=O)CCCN)c[nH]c12. The van der Waals surface area contributed by atoms with Gasteiger partial charge in [0.2, 0.25) is 5.91 Å². The minimum atomic E-state index is 0.0847. The molecule has 2 rings (SSSR count). The number of hydrogen-bond acceptors (Lipinski definition) is 2. The third-order valence-corrected chi connectivity index (χ3v) is 3.33. The van der Waals surface area contributed by atoms with E-state index in [-0.39, 0.29) is 5.91 Å². The number of amides is 1. The number of rotatable bonds is 6. The number of benzene rings is 1. The largest absolute Gasteiger partial charge is 0.361 e. The second-order valence-electron chi connectivity index (χ2n) is 4.80. The van der Waals surface area contributed by atoms with E-state index in [9.17, 15) is 4.79 Å². The quantitative estimate of drug-likeness (QED) is 0.741. The maximum atomic E-state index is 11.5. The van der Waals surface area contributed by atoms with Gasteiger partial charge in [0.1, 0.15) is 0 Å². The molecular weight excluding hydrogens is 238 g/mol. The first-order chi connectivity index (χ1) is 9.22. The molecule has 0 bridgehead atoms. The minimum absolute atomic E-state index is 0.0847. The lowest BCUT2D eigenvalue weighted by molar-refractivity contribution is -0.121. The van der Waals surface area contributed by atoms with Crippen molar-refractivity contribution in [2.45, 2.75) is 26.2 Å². The Hall–Kier alpha value is -1.81. The average Bonchev–Trinajstić information content (AvgIpc) is 2.81. The van der Waals surface area contributed by atoms with Crippen molar-refractivity contribution in [2.24, 2.45) is 5.73 Å². The molecule has 19 heavy (non-hydrogen) atoms. The van der Waals surface area contributed by atoms with Crippen molar-refractivity contribution >= 4 is 16.8 Å². The maximum Gasteiger partial charge on any atom is 0.220 e. The van der Waals surface area contributed by atoms with Gasteiger partial charge in [-0.25, -0.2) is 0 Å². The van der Waals surface area contributed by atoms with Gasteiger partial charge in [0, 0.05) is 30.1 Å². The van der Waals surface area contributed by atoms with E-state index in [4.69, 9.17) is 5.73 Å². The molecule has 4 nitrogen and oxygen atoms in total. The molecule has 1 aromatic carbocycles. The van der Waals surface area contributed by atoms with E-state index >= 15 is 0 Å². The van der Waals surface area contributed by atoms with Gasteiger partial charge in [-0.2, -0.15) is 0 Å². The van der Waals surface area contributed by atoms with Gasteiger partial charge in [-0.15, -0.1) is 0 Å². The summed E-state index contributed by atoms with van der Waals surface area (Å²) in [7, 11) is 0. The molecule has 0 radical (unpaired) electrons. The monoisotopic (exact) mass is 259 g/mol. The predicted molar refractivity (Wildman–Crippen MR) is 78.0 cm³/mol. The van der Waals surface area contributed by atoms with Crippen LogP contribution in [0, 0.1) is 6.92 Å². The molecule has 0 saturated carbocycles. The van der Waals surface area contributed by atoms with Gasteiger partial charge in [0.25, 0.3) is 0 Å². The van der Waals surface area contributed by atoms with Crippen molar-refractivity contribution in [3.63, 3.8) is 0 Å². The fourth-order valence-corrected chi connectivity index (χ4v) is 2.26. The Labute approximate surface area is 113 Å². The summed E-state index contributed by atoms with van der Waals surface area (Å²) in [5.74, 6) is 0.0847. The van der Waals surface area contributed by atoms with E-state index < -0.39 is 0 Å². The smallest absolute Gasteiger partial charge is 0.220 e. The molecule has 0 unspecified atom stereocenters. The first-order valence-corrected chi connectivity index (χ1v) is 6.74. The fraction of sp³-hybridized carbons (Fsp3) is 0.400. The molecule has 2 aromatic rings. The van der Waals surface area contributed by atoms with Crippen LogP contribution in [0.2, 0.25) is 0 Å². The van der Waals surface area contributed by atoms with E-state index in [0.29, 0.717) is 19.5 Å². The summed E-state index contributed by atoms with van der Waals surface area (Å²) in [6, 6.07) is 6.27. The average molecular weight is 259 g/mol. The normalized spacial score (nSPS) is 10.8. The number of fused-ring (bicyclic) bond motifs is 1. The van der Waals surface area contributed by atoms with Gasteiger partial charge < -0.3 is 16.0 Å². The van der Waals surface area contributed by atoms with Crippen LogP contribution in [0.5, 0.6) is 0 Å². The van der Waals surface area contributed by atoms with E-state index in [0.717, 1.165) is 12.8 Å². The standard InChI is InChI=1S/C15H21N3O/c1-11-4-2-5-13-12(10-18-15(11)13)7-9-17-14(19)6-3-8-16/h2,4-5,10,18H,3,6-9,16H2,1H3,(H,17,19). The second-order valence-corrected chi connectivity index (χ2v) is 4.80. The van der Waals surface area contributed by atoms with E-state index in [1.165, 1.54) is 22.0 Å². The van der Waals surface area contributed by atoms with Gasteiger partial charge in [0.05, 0.1) is 0 Å². The van der Waals surface area contributed by atoms with Crippen molar-refractivity contribution in [1.82, 2.24) is 10.3 Å². The number of carbonyl (C=O) groups excluding carboxylic acids is 1. The third kappa shape index (κ3) is 3.35. The zero-order valence-electron chi connectivity index (χ0n) is 11.3. The van der Waals surface area contributed by atoms with Crippen molar-refractivity contribution in [2.75, 3.05) is 13.1 Å². The van der Waals surface area contributed by atoms with Crippen LogP contribution in [0.1, 0.15) is 24.0 Å². The summed E-state index contributed by atoms with van der Waals surface area (Å²) in [5, 5.41) is 4.17. The Morgan fingerprint density at radius 2 is 2.26 bits per heavy atom. The Bertz CT molecular complexity index is 560. The topological polar surface area (TPSA) is 70.9 Å². The van der Waals surface area contributed by atoms with E-state index in [1.807, 2.05) is 6.20 Å². The molecule has 1 amide bonds. The van der Waals surface area contributed by atoms with Crippen molar-refractivity contribution in [1.29, 1.82) is 0 Å². The Morgan fingerprint density at radius 3 is 3.05 bits per heavy atom. The van der Waals surface area contributed by atoms with Gasteiger partial charge in [-0.1, -0.05) is 18.2 Å². The molecule has 0 aliphatic carbocycles. The first-order valence-electron chi connectivity index (χ1n) is 6.74. The summed E-state index contributed by atoms with van der Waals surface area (Å²) in [6.07, 6.45) is 4.14. The molecule has 0 atom stereocenters. The molecule has 1 heterocycles. The van der Waals surface area contributed by atoms with Gasteiger partial charge in [-0.05, 0) is 37.4 Å². The molecule has 4 heteroatoms. The molecule has 0 fully saturated rings. The summed E-state index contributed by atoms with van der Waals surface area (Å²) in [4.78, 5) is 14.8. The van der Waals surface area contributed by atoms with Gasteiger partial charge in [-0.3, -0.25) is 4.79 Å². The molecule has 0 spiro atoms. The predicted octanol–water partition coefficient (Wildman–Crippen LogP) is 1.87. The number of para-hydroxylation sites is 1. The van der Waals surface area contributed by atoms with Crippen LogP contribution in [0.3, 0.4) is 0 Å². The van der Waals surface area contributed by atoms with Crippen LogP contribution in [-0.2, 0) is 11.2 Å². The number of H-pyrrole nitrogens is 1. The number of carbonyl (C=O) groups is 1. The van der Waals surface area contributed by atoms with Gasteiger partial charge in [0.15, 0.2) is 0 Å². The summed E-state index contributed by atoms with van der Waals surface area (Å²) in [5.41, 5.74) is 9.06. The number of nitrogens with two attached hydrogens (primary N) is 1. The second kappa shape index (κ2) is 6.38. The summed E-state index contributed by atoms with van der Waals surface area (Å²) < 4.78 is 0. The molecule has 4 N–H and O–H groups in total. The lowest BCUT2D eigenvalue weighted by Crippen LogP contribution is -2.25. The van der Waals surface area contributed by atoms with Crippen molar-refractivity contribution in [3.05, 3.63) is 35.5 Å².